The summed E-state index contributed by atoms with van der Waals surface area (Å²) in [6, 6.07) is 6.07. The monoisotopic (exact) mass is 262 g/mol. The van der Waals surface area contributed by atoms with Crippen LogP contribution in [0.4, 0.5) is 11.4 Å². The van der Waals surface area contributed by atoms with Gasteiger partial charge < -0.3 is 20.4 Å². The van der Waals surface area contributed by atoms with Gasteiger partial charge in [0, 0.05) is 29.5 Å². The van der Waals surface area contributed by atoms with Crippen molar-refractivity contribution in [1.82, 2.24) is 0 Å². The molecule has 1 aromatic rings. The topological polar surface area (TPSA) is 72.8 Å². The Hall–Kier alpha value is -1.59. The van der Waals surface area contributed by atoms with Crippen molar-refractivity contribution in [1.29, 1.82) is 0 Å². The van der Waals surface area contributed by atoms with Crippen molar-refractivity contribution in [3.05, 3.63) is 23.8 Å². The first kappa shape index (κ1) is 12.4. The molecular formula is C14H18N2O3. The normalized spacial score (nSPS) is 21.8. The van der Waals surface area contributed by atoms with Crippen LogP contribution < -0.4 is 10.2 Å². The van der Waals surface area contributed by atoms with E-state index in [1.54, 1.807) is 6.07 Å². The molecule has 1 fully saturated rings. The maximum atomic E-state index is 11.4. The van der Waals surface area contributed by atoms with Crippen molar-refractivity contribution in [2.24, 2.45) is 0 Å². The maximum absolute atomic E-state index is 11.4. The van der Waals surface area contributed by atoms with E-state index in [4.69, 9.17) is 0 Å². The van der Waals surface area contributed by atoms with Gasteiger partial charge in [-0.05, 0) is 31.4 Å². The molecule has 0 bridgehead atoms. The number of carbonyl (C=O) groups is 1. The minimum atomic E-state index is -1.06. The predicted molar refractivity (Wildman–Crippen MR) is 72.1 cm³/mol. The molecule has 1 aromatic carbocycles. The van der Waals surface area contributed by atoms with E-state index < -0.39 is 6.10 Å². The van der Waals surface area contributed by atoms with Crippen molar-refractivity contribution in [3.8, 4) is 0 Å². The molecule has 0 spiro atoms. The zero-order valence-electron chi connectivity index (χ0n) is 10.7. The summed E-state index contributed by atoms with van der Waals surface area (Å²) in [5.41, 5.74) is 2.30. The molecule has 3 N–H and O–H groups in total. The number of carbonyl (C=O) groups excluding carboxylic acids is 1. The molecule has 1 amide bonds. The summed E-state index contributed by atoms with van der Waals surface area (Å²) in [7, 11) is 0. The molecule has 5 heteroatoms. The standard InChI is InChI=1S/C14H18N2O3/c17-7-6-16(9-2-1-3-9)10-4-5-11-12(8-10)15-14(19)13(11)18/h4-5,8-9,13,17-18H,1-3,6-7H2,(H,15,19). The Bertz CT molecular complexity index is 499. The van der Waals surface area contributed by atoms with Gasteiger partial charge in [0.1, 0.15) is 0 Å². The molecule has 5 nitrogen and oxygen atoms in total. The minimum Gasteiger partial charge on any atom is -0.395 e. The van der Waals surface area contributed by atoms with Crippen LogP contribution in [-0.4, -0.2) is 35.3 Å². The van der Waals surface area contributed by atoms with Crippen LogP contribution in [0.5, 0.6) is 0 Å². The first-order valence-corrected chi connectivity index (χ1v) is 6.71. The van der Waals surface area contributed by atoms with E-state index in [-0.39, 0.29) is 12.5 Å². The summed E-state index contributed by atoms with van der Waals surface area (Å²) in [6.45, 7) is 0.711. The zero-order chi connectivity index (χ0) is 13.4. The molecule has 0 radical (unpaired) electrons. The molecule has 2 aliphatic rings. The van der Waals surface area contributed by atoms with Crippen molar-refractivity contribution >= 4 is 17.3 Å². The van der Waals surface area contributed by atoms with E-state index in [1.165, 1.54) is 6.42 Å². The molecule has 1 heterocycles. The van der Waals surface area contributed by atoms with Crippen LogP contribution in [0.15, 0.2) is 18.2 Å². The number of rotatable bonds is 4. The molecule has 1 aliphatic carbocycles. The summed E-state index contributed by atoms with van der Waals surface area (Å²) in [4.78, 5) is 13.6. The van der Waals surface area contributed by atoms with E-state index in [1.807, 2.05) is 12.1 Å². The third kappa shape index (κ3) is 2.09. The van der Waals surface area contributed by atoms with Gasteiger partial charge in [-0.2, -0.15) is 0 Å². The van der Waals surface area contributed by atoms with Crippen molar-refractivity contribution in [2.75, 3.05) is 23.4 Å². The Morgan fingerprint density at radius 3 is 2.79 bits per heavy atom. The van der Waals surface area contributed by atoms with Gasteiger partial charge in [-0.25, -0.2) is 0 Å². The van der Waals surface area contributed by atoms with Crippen LogP contribution in [0.2, 0.25) is 0 Å². The van der Waals surface area contributed by atoms with Gasteiger partial charge in [-0.3, -0.25) is 4.79 Å². The van der Waals surface area contributed by atoms with Gasteiger partial charge in [-0.15, -0.1) is 0 Å². The fourth-order valence-corrected chi connectivity index (χ4v) is 2.74. The number of nitrogens with zero attached hydrogens (tertiary/aromatic N) is 1. The number of amides is 1. The largest absolute Gasteiger partial charge is 0.395 e. The number of aliphatic hydroxyl groups is 2. The van der Waals surface area contributed by atoms with Crippen LogP contribution in [0.25, 0.3) is 0 Å². The number of nitrogens with one attached hydrogen (secondary N) is 1. The first-order valence-electron chi connectivity index (χ1n) is 6.71. The van der Waals surface area contributed by atoms with Gasteiger partial charge in [0.15, 0.2) is 6.10 Å². The highest BCUT2D eigenvalue weighted by Crippen LogP contribution is 2.36. The Kier molecular flexibility index (Phi) is 3.16. The second-order valence-corrected chi connectivity index (χ2v) is 5.17. The highest BCUT2D eigenvalue weighted by molar-refractivity contribution is 6.02. The summed E-state index contributed by atoms with van der Waals surface area (Å²) in [5, 5.41) is 21.6. The summed E-state index contributed by atoms with van der Waals surface area (Å²) < 4.78 is 0. The smallest absolute Gasteiger partial charge is 0.257 e. The van der Waals surface area contributed by atoms with E-state index in [2.05, 4.69) is 10.2 Å². The molecule has 0 saturated heterocycles. The molecule has 1 aliphatic heterocycles. The highest BCUT2D eigenvalue weighted by Gasteiger charge is 2.30. The Morgan fingerprint density at radius 2 is 2.16 bits per heavy atom. The number of anilines is 2. The molecule has 102 valence electrons. The first-order chi connectivity index (χ1) is 9.20. The van der Waals surface area contributed by atoms with E-state index >= 15 is 0 Å². The van der Waals surface area contributed by atoms with Crippen LogP contribution >= 0.6 is 0 Å². The maximum Gasteiger partial charge on any atom is 0.257 e. The van der Waals surface area contributed by atoms with E-state index in [0.29, 0.717) is 23.8 Å². The lowest BCUT2D eigenvalue weighted by atomic mass is 9.91. The summed E-state index contributed by atoms with van der Waals surface area (Å²) in [5.74, 6) is -0.371. The van der Waals surface area contributed by atoms with Crippen LogP contribution in [0.1, 0.15) is 30.9 Å². The summed E-state index contributed by atoms with van der Waals surface area (Å²) in [6.07, 6.45) is 2.46. The average Bonchev–Trinajstić information content (AvgIpc) is 2.62. The number of fused-ring (bicyclic) bond motifs is 1. The molecular weight excluding hydrogens is 244 g/mol. The molecule has 0 aromatic heterocycles. The second-order valence-electron chi connectivity index (χ2n) is 5.17. The second kappa shape index (κ2) is 4.83. The predicted octanol–water partition coefficient (Wildman–Crippen LogP) is 1.02. The fraction of sp³-hybridized carbons (Fsp3) is 0.500. The molecule has 1 unspecified atom stereocenters. The quantitative estimate of drug-likeness (QED) is 0.757. The van der Waals surface area contributed by atoms with E-state index in [9.17, 15) is 15.0 Å². The van der Waals surface area contributed by atoms with Gasteiger partial charge in [0.2, 0.25) is 0 Å². The minimum absolute atomic E-state index is 0.114. The Balaban J connectivity index is 1.88. The lowest BCUT2D eigenvalue weighted by Gasteiger charge is -2.39. The summed E-state index contributed by atoms with van der Waals surface area (Å²) >= 11 is 0. The molecule has 1 saturated carbocycles. The van der Waals surface area contributed by atoms with Gasteiger partial charge in [-0.1, -0.05) is 6.07 Å². The van der Waals surface area contributed by atoms with Gasteiger partial charge in [0.25, 0.3) is 5.91 Å². The number of hydrogen-bond acceptors (Lipinski definition) is 4. The zero-order valence-corrected chi connectivity index (χ0v) is 10.7. The van der Waals surface area contributed by atoms with Crippen LogP contribution in [0.3, 0.4) is 0 Å². The third-order valence-corrected chi connectivity index (χ3v) is 4.03. The SMILES string of the molecule is O=C1Nc2cc(N(CCO)C3CCC3)ccc2C1O. The van der Waals surface area contributed by atoms with E-state index in [0.717, 1.165) is 18.5 Å². The Labute approximate surface area is 111 Å². The highest BCUT2D eigenvalue weighted by atomic mass is 16.3. The molecule has 19 heavy (non-hydrogen) atoms. The van der Waals surface area contributed by atoms with Crippen molar-refractivity contribution in [3.63, 3.8) is 0 Å². The third-order valence-electron chi connectivity index (χ3n) is 4.03. The fourth-order valence-electron chi connectivity index (χ4n) is 2.74. The van der Waals surface area contributed by atoms with Gasteiger partial charge in [0.05, 0.1) is 6.61 Å². The number of hydrogen-bond donors (Lipinski definition) is 3. The molecule has 1 atom stereocenters. The Morgan fingerprint density at radius 1 is 1.37 bits per heavy atom. The lowest BCUT2D eigenvalue weighted by Crippen LogP contribution is -2.41. The van der Waals surface area contributed by atoms with Crippen molar-refractivity contribution in [2.45, 2.75) is 31.4 Å². The van der Waals surface area contributed by atoms with Gasteiger partial charge >= 0.3 is 0 Å². The lowest BCUT2D eigenvalue weighted by molar-refractivity contribution is -0.123. The van der Waals surface area contributed by atoms with Crippen molar-refractivity contribution < 1.29 is 15.0 Å². The van der Waals surface area contributed by atoms with Crippen LogP contribution in [-0.2, 0) is 4.79 Å². The molecule has 3 rings (SSSR count). The average molecular weight is 262 g/mol. The number of aliphatic hydroxyl groups excluding tert-OH is 2. The number of benzene rings is 1. The van der Waals surface area contributed by atoms with Crippen LogP contribution in [0, 0.1) is 0 Å².